The second-order valence-corrected chi connectivity index (χ2v) is 7.82. The first kappa shape index (κ1) is 25.3. The smallest absolute Gasteiger partial charge is 0.191 e. The van der Waals surface area contributed by atoms with Gasteiger partial charge in [-0.2, -0.15) is 0 Å². The predicted molar refractivity (Wildman–Crippen MR) is 138 cm³/mol. The third-order valence-electron chi connectivity index (χ3n) is 5.57. The molecule has 0 amide bonds. The van der Waals surface area contributed by atoms with Crippen molar-refractivity contribution in [1.29, 1.82) is 0 Å². The molecule has 2 atom stereocenters. The monoisotopic (exact) mass is 538 g/mol. The summed E-state index contributed by atoms with van der Waals surface area (Å²) in [5, 5.41) is 17.2. The molecule has 31 heavy (non-hydrogen) atoms. The number of halogens is 1. The number of ether oxygens (including phenoxy) is 1. The zero-order valence-corrected chi connectivity index (χ0v) is 21.0. The van der Waals surface area contributed by atoms with Gasteiger partial charge in [0.2, 0.25) is 0 Å². The SMILES string of the molecule is CCNC(=NCCc1cccc(OC)c1O)NC1CC(C)N(Cc2ccccc2)C1.I. The molecule has 0 aromatic heterocycles. The first-order chi connectivity index (χ1) is 14.6. The number of para-hydroxylation sites is 1. The van der Waals surface area contributed by atoms with Gasteiger partial charge in [0.1, 0.15) is 0 Å². The number of nitrogens with one attached hydrogen (secondary N) is 2. The first-order valence-electron chi connectivity index (χ1n) is 10.8. The number of rotatable bonds is 8. The zero-order chi connectivity index (χ0) is 21.3. The minimum atomic E-state index is 0. The second-order valence-electron chi connectivity index (χ2n) is 7.82. The van der Waals surface area contributed by atoms with Crippen LogP contribution < -0.4 is 15.4 Å². The summed E-state index contributed by atoms with van der Waals surface area (Å²) in [7, 11) is 1.56. The molecule has 1 saturated heterocycles. The molecule has 1 aliphatic rings. The number of guanidine groups is 1. The first-order valence-corrected chi connectivity index (χ1v) is 10.8. The van der Waals surface area contributed by atoms with Crippen molar-refractivity contribution in [3.8, 4) is 11.5 Å². The lowest BCUT2D eigenvalue weighted by atomic mass is 10.1. The molecular weight excluding hydrogens is 503 g/mol. The van der Waals surface area contributed by atoms with E-state index < -0.39 is 0 Å². The van der Waals surface area contributed by atoms with Crippen LogP contribution in [0.3, 0.4) is 0 Å². The lowest BCUT2D eigenvalue weighted by Crippen LogP contribution is -2.44. The van der Waals surface area contributed by atoms with Crippen LogP contribution >= 0.6 is 24.0 Å². The summed E-state index contributed by atoms with van der Waals surface area (Å²) in [6.07, 6.45) is 1.74. The predicted octanol–water partition coefficient (Wildman–Crippen LogP) is 3.78. The number of phenolic OH excluding ortho intramolecular Hbond substituents is 1. The number of aliphatic imine (C=N–C) groups is 1. The number of methoxy groups -OCH3 is 1. The molecule has 0 bridgehead atoms. The van der Waals surface area contributed by atoms with Crippen molar-refractivity contribution in [2.45, 2.75) is 45.3 Å². The summed E-state index contributed by atoms with van der Waals surface area (Å²) in [6, 6.07) is 17.1. The van der Waals surface area contributed by atoms with Gasteiger partial charge in [-0.1, -0.05) is 42.5 Å². The van der Waals surface area contributed by atoms with Crippen molar-refractivity contribution < 1.29 is 9.84 Å². The number of hydrogen-bond donors (Lipinski definition) is 3. The molecule has 0 aliphatic carbocycles. The average molecular weight is 538 g/mol. The average Bonchev–Trinajstić information content (AvgIpc) is 3.08. The van der Waals surface area contributed by atoms with Gasteiger partial charge in [0.05, 0.1) is 7.11 Å². The standard InChI is InChI=1S/C24H34N4O2.HI/c1-4-25-24(26-14-13-20-11-8-12-22(30-3)23(20)29)27-21-15-18(2)28(17-21)16-19-9-6-5-7-10-19;/h5-12,18,21,29H,4,13-17H2,1-3H3,(H2,25,26,27);1H. The Balaban J connectivity index is 0.00000341. The lowest BCUT2D eigenvalue weighted by molar-refractivity contribution is 0.258. The van der Waals surface area contributed by atoms with Crippen LogP contribution in [-0.4, -0.2) is 54.8 Å². The summed E-state index contributed by atoms with van der Waals surface area (Å²) < 4.78 is 5.19. The molecule has 2 aromatic rings. The van der Waals surface area contributed by atoms with E-state index in [0.29, 0.717) is 30.8 Å². The van der Waals surface area contributed by atoms with Gasteiger partial charge in [-0.25, -0.2) is 0 Å². The van der Waals surface area contributed by atoms with E-state index in [1.165, 1.54) is 5.56 Å². The van der Waals surface area contributed by atoms with Crippen molar-refractivity contribution >= 4 is 29.9 Å². The molecule has 2 unspecified atom stereocenters. The van der Waals surface area contributed by atoms with E-state index in [1.807, 2.05) is 12.1 Å². The van der Waals surface area contributed by atoms with Gasteiger partial charge in [-0.05, 0) is 43.9 Å². The molecule has 1 fully saturated rings. The second kappa shape index (κ2) is 12.8. The Morgan fingerprint density at radius 3 is 2.68 bits per heavy atom. The van der Waals surface area contributed by atoms with Crippen LogP contribution in [0.2, 0.25) is 0 Å². The van der Waals surface area contributed by atoms with Crippen LogP contribution in [-0.2, 0) is 13.0 Å². The molecular formula is C24H35IN4O2. The molecule has 1 aliphatic heterocycles. The molecule has 7 heteroatoms. The van der Waals surface area contributed by atoms with Crippen molar-refractivity contribution in [2.75, 3.05) is 26.7 Å². The van der Waals surface area contributed by atoms with Gasteiger partial charge >= 0.3 is 0 Å². The highest BCUT2D eigenvalue weighted by Crippen LogP contribution is 2.29. The Morgan fingerprint density at radius 1 is 1.19 bits per heavy atom. The fourth-order valence-corrected chi connectivity index (χ4v) is 3.98. The van der Waals surface area contributed by atoms with E-state index in [2.05, 4.69) is 59.7 Å². The Kier molecular flexibility index (Phi) is 10.4. The highest BCUT2D eigenvalue weighted by Gasteiger charge is 2.29. The fourth-order valence-electron chi connectivity index (χ4n) is 3.98. The van der Waals surface area contributed by atoms with E-state index in [-0.39, 0.29) is 29.7 Å². The van der Waals surface area contributed by atoms with Crippen molar-refractivity contribution in [3.05, 3.63) is 59.7 Å². The van der Waals surface area contributed by atoms with E-state index in [4.69, 9.17) is 9.73 Å². The fraction of sp³-hybridized carbons (Fsp3) is 0.458. The van der Waals surface area contributed by atoms with Crippen molar-refractivity contribution in [3.63, 3.8) is 0 Å². The third kappa shape index (κ3) is 7.28. The molecule has 2 aromatic carbocycles. The van der Waals surface area contributed by atoms with Gasteiger partial charge in [-0.15, -0.1) is 24.0 Å². The number of likely N-dealkylation sites (tertiary alicyclic amines) is 1. The summed E-state index contributed by atoms with van der Waals surface area (Å²) in [5.74, 6) is 1.54. The largest absolute Gasteiger partial charge is 0.504 e. The minimum absolute atomic E-state index is 0. The van der Waals surface area contributed by atoms with Crippen LogP contribution in [0.5, 0.6) is 11.5 Å². The normalized spacial score (nSPS) is 19.0. The lowest BCUT2D eigenvalue weighted by Gasteiger charge is -2.21. The summed E-state index contributed by atoms with van der Waals surface area (Å²) in [5.41, 5.74) is 2.20. The summed E-state index contributed by atoms with van der Waals surface area (Å²) in [4.78, 5) is 7.25. The number of aromatic hydroxyl groups is 1. The molecule has 0 spiro atoms. The highest BCUT2D eigenvalue weighted by molar-refractivity contribution is 14.0. The number of phenols is 1. The number of hydrogen-bond acceptors (Lipinski definition) is 4. The number of nitrogens with zero attached hydrogens (tertiary/aromatic N) is 2. The zero-order valence-electron chi connectivity index (χ0n) is 18.7. The molecule has 6 nitrogen and oxygen atoms in total. The van der Waals surface area contributed by atoms with Crippen LogP contribution in [0.4, 0.5) is 0 Å². The van der Waals surface area contributed by atoms with Crippen LogP contribution in [0.15, 0.2) is 53.5 Å². The topological polar surface area (TPSA) is 69.1 Å². The Labute approximate surface area is 203 Å². The summed E-state index contributed by atoms with van der Waals surface area (Å²) >= 11 is 0. The van der Waals surface area contributed by atoms with Crippen LogP contribution in [0, 0.1) is 0 Å². The van der Waals surface area contributed by atoms with E-state index in [1.54, 1.807) is 13.2 Å². The van der Waals surface area contributed by atoms with E-state index >= 15 is 0 Å². The van der Waals surface area contributed by atoms with Gasteiger partial charge < -0.3 is 20.5 Å². The van der Waals surface area contributed by atoms with Gasteiger partial charge in [-0.3, -0.25) is 9.89 Å². The molecule has 0 radical (unpaired) electrons. The maximum absolute atomic E-state index is 10.3. The maximum atomic E-state index is 10.3. The quantitative estimate of drug-likeness (QED) is 0.271. The van der Waals surface area contributed by atoms with Crippen LogP contribution in [0.25, 0.3) is 0 Å². The Hall–Kier alpha value is -2.00. The van der Waals surface area contributed by atoms with Crippen LogP contribution in [0.1, 0.15) is 31.4 Å². The maximum Gasteiger partial charge on any atom is 0.191 e. The molecule has 170 valence electrons. The number of benzene rings is 2. The van der Waals surface area contributed by atoms with Gasteiger partial charge in [0, 0.05) is 38.3 Å². The third-order valence-corrected chi connectivity index (χ3v) is 5.57. The van der Waals surface area contributed by atoms with Crippen molar-refractivity contribution in [2.24, 2.45) is 4.99 Å². The van der Waals surface area contributed by atoms with Gasteiger partial charge in [0.15, 0.2) is 17.5 Å². The summed E-state index contributed by atoms with van der Waals surface area (Å²) in [6.45, 7) is 7.74. The Bertz CT molecular complexity index is 832. The van der Waals surface area contributed by atoms with Crippen molar-refractivity contribution in [1.82, 2.24) is 15.5 Å². The molecule has 3 N–H and O–H groups in total. The Morgan fingerprint density at radius 2 is 1.97 bits per heavy atom. The molecule has 1 heterocycles. The van der Waals surface area contributed by atoms with Gasteiger partial charge in [0.25, 0.3) is 0 Å². The molecule has 3 rings (SSSR count). The highest BCUT2D eigenvalue weighted by atomic mass is 127. The van der Waals surface area contributed by atoms with E-state index in [0.717, 1.165) is 37.6 Å². The minimum Gasteiger partial charge on any atom is -0.504 e. The molecule has 0 saturated carbocycles. The van der Waals surface area contributed by atoms with E-state index in [9.17, 15) is 5.11 Å².